The van der Waals surface area contributed by atoms with Gasteiger partial charge in [-0.2, -0.15) is 12.7 Å². The van der Waals surface area contributed by atoms with Crippen molar-refractivity contribution in [1.29, 1.82) is 0 Å². The fourth-order valence-electron chi connectivity index (χ4n) is 2.01. The molecule has 0 amide bonds. The van der Waals surface area contributed by atoms with E-state index in [2.05, 4.69) is 4.72 Å². The molecule has 0 radical (unpaired) electrons. The highest BCUT2D eigenvalue weighted by atomic mass is 32.2. The van der Waals surface area contributed by atoms with Crippen molar-refractivity contribution in [3.63, 3.8) is 0 Å². The van der Waals surface area contributed by atoms with E-state index in [-0.39, 0.29) is 0 Å². The van der Waals surface area contributed by atoms with E-state index in [4.69, 9.17) is 9.47 Å². The zero-order valence-electron chi connectivity index (χ0n) is 11.0. The van der Waals surface area contributed by atoms with Gasteiger partial charge >= 0.3 is 10.2 Å². The minimum atomic E-state index is -3.50. The lowest BCUT2D eigenvalue weighted by atomic mass is 10.3. The van der Waals surface area contributed by atoms with Gasteiger partial charge in [-0.3, -0.25) is 4.72 Å². The SMILES string of the molecule is COc1ccc(NS(=O)(=O)N2CCCC2)c(OC)c1. The number of hydrogen-bond acceptors (Lipinski definition) is 4. The van der Waals surface area contributed by atoms with E-state index in [9.17, 15) is 8.42 Å². The predicted octanol–water partition coefficient (Wildman–Crippen LogP) is 1.46. The number of methoxy groups -OCH3 is 2. The van der Waals surface area contributed by atoms with Gasteiger partial charge in [0.25, 0.3) is 0 Å². The van der Waals surface area contributed by atoms with Gasteiger partial charge < -0.3 is 9.47 Å². The molecule has 106 valence electrons. The first kappa shape index (κ1) is 14.0. The number of nitrogens with one attached hydrogen (secondary N) is 1. The van der Waals surface area contributed by atoms with Gasteiger partial charge in [0.15, 0.2) is 0 Å². The average molecular weight is 286 g/mol. The minimum absolute atomic E-state index is 0.412. The first-order chi connectivity index (χ1) is 9.06. The van der Waals surface area contributed by atoms with Crippen LogP contribution in [-0.2, 0) is 10.2 Å². The van der Waals surface area contributed by atoms with Crippen LogP contribution >= 0.6 is 0 Å². The number of nitrogens with zero attached hydrogens (tertiary/aromatic N) is 1. The van der Waals surface area contributed by atoms with E-state index in [0.717, 1.165) is 12.8 Å². The molecule has 1 fully saturated rings. The van der Waals surface area contributed by atoms with E-state index in [1.165, 1.54) is 11.4 Å². The van der Waals surface area contributed by atoms with Gasteiger partial charge in [-0.25, -0.2) is 0 Å². The molecule has 0 aromatic heterocycles. The van der Waals surface area contributed by atoms with Crippen LogP contribution in [0, 0.1) is 0 Å². The normalized spacial score (nSPS) is 16.3. The highest BCUT2D eigenvalue weighted by molar-refractivity contribution is 7.90. The van der Waals surface area contributed by atoms with Crippen LogP contribution in [0.3, 0.4) is 0 Å². The van der Waals surface area contributed by atoms with Crippen molar-refractivity contribution in [2.24, 2.45) is 0 Å². The summed E-state index contributed by atoms with van der Waals surface area (Å²) < 4.78 is 38.5. The number of hydrogen-bond donors (Lipinski definition) is 1. The summed E-state index contributed by atoms with van der Waals surface area (Å²) in [6.45, 7) is 1.13. The fourth-order valence-corrected chi connectivity index (χ4v) is 3.33. The quantitative estimate of drug-likeness (QED) is 0.889. The molecular formula is C12H18N2O4S. The Morgan fingerprint density at radius 1 is 1.16 bits per heavy atom. The Hall–Kier alpha value is -1.47. The zero-order chi connectivity index (χ0) is 13.9. The lowest BCUT2D eigenvalue weighted by molar-refractivity contribution is 0.395. The molecule has 1 aromatic carbocycles. The van der Waals surface area contributed by atoms with Gasteiger partial charge in [0.2, 0.25) is 0 Å². The summed E-state index contributed by atoms with van der Waals surface area (Å²) in [7, 11) is -0.470. The summed E-state index contributed by atoms with van der Waals surface area (Å²) in [6.07, 6.45) is 1.81. The van der Waals surface area contributed by atoms with Crippen LogP contribution in [-0.4, -0.2) is 40.0 Å². The highest BCUT2D eigenvalue weighted by Gasteiger charge is 2.26. The first-order valence-corrected chi connectivity index (χ1v) is 7.51. The number of ether oxygens (including phenoxy) is 2. The Morgan fingerprint density at radius 3 is 2.42 bits per heavy atom. The molecule has 1 heterocycles. The van der Waals surface area contributed by atoms with Crippen molar-refractivity contribution < 1.29 is 17.9 Å². The zero-order valence-corrected chi connectivity index (χ0v) is 11.9. The second-order valence-corrected chi connectivity index (χ2v) is 5.95. The Morgan fingerprint density at radius 2 is 1.84 bits per heavy atom. The maximum atomic E-state index is 12.2. The van der Waals surface area contributed by atoms with Crippen LogP contribution in [0.25, 0.3) is 0 Å². The maximum absolute atomic E-state index is 12.2. The van der Waals surface area contributed by atoms with Gasteiger partial charge in [0.1, 0.15) is 11.5 Å². The molecule has 7 heteroatoms. The molecule has 0 atom stereocenters. The predicted molar refractivity (Wildman–Crippen MR) is 72.9 cm³/mol. The molecule has 19 heavy (non-hydrogen) atoms. The molecular weight excluding hydrogens is 268 g/mol. The van der Waals surface area contributed by atoms with Gasteiger partial charge in [0.05, 0.1) is 19.9 Å². The Labute approximate surface area is 113 Å². The van der Waals surface area contributed by atoms with Crippen LogP contribution in [0.4, 0.5) is 5.69 Å². The van der Waals surface area contributed by atoms with Crippen LogP contribution in [0.15, 0.2) is 18.2 Å². The van der Waals surface area contributed by atoms with Gasteiger partial charge in [0, 0.05) is 19.2 Å². The van der Waals surface area contributed by atoms with E-state index in [0.29, 0.717) is 30.3 Å². The minimum Gasteiger partial charge on any atom is -0.497 e. The third-order valence-corrected chi connectivity index (χ3v) is 4.58. The topological polar surface area (TPSA) is 67.9 Å². The number of anilines is 1. The van der Waals surface area contributed by atoms with E-state index < -0.39 is 10.2 Å². The summed E-state index contributed by atoms with van der Waals surface area (Å²) in [5.41, 5.74) is 0.412. The van der Waals surface area contributed by atoms with Crippen molar-refractivity contribution >= 4 is 15.9 Å². The van der Waals surface area contributed by atoms with Crippen LogP contribution in [0.2, 0.25) is 0 Å². The molecule has 1 N–H and O–H groups in total. The first-order valence-electron chi connectivity index (χ1n) is 6.07. The van der Waals surface area contributed by atoms with Crippen LogP contribution in [0.5, 0.6) is 11.5 Å². The summed E-state index contributed by atoms with van der Waals surface area (Å²) in [6, 6.07) is 4.96. The van der Waals surface area contributed by atoms with Crippen molar-refractivity contribution in [1.82, 2.24) is 4.31 Å². The molecule has 1 saturated heterocycles. The van der Waals surface area contributed by atoms with Crippen molar-refractivity contribution in [2.45, 2.75) is 12.8 Å². The average Bonchev–Trinajstić information content (AvgIpc) is 2.93. The van der Waals surface area contributed by atoms with E-state index in [1.807, 2.05) is 0 Å². The largest absolute Gasteiger partial charge is 0.497 e. The number of benzene rings is 1. The molecule has 1 aromatic rings. The summed E-state index contributed by atoms with van der Waals surface area (Å²) in [4.78, 5) is 0. The molecule has 1 aliphatic rings. The van der Waals surface area contributed by atoms with Gasteiger partial charge in [-0.1, -0.05) is 0 Å². The standard InChI is InChI=1S/C12H18N2O4S/c1-17-10-5-6-11(12(9-10)18-2)13-19(15,16)14-7-3-4-8-14/h5-6,9,13H,3-4,7-8H2,1-2H3. The Kier molecular flexibility index (Phi) is 4.16. The second-order valence-electron chi connectivity index (χ2n) is 4.28. The second kappa shape index (κ2) is 5.66. The molecule has 0 unspecified atom stereocenters. The van der Waals surface area contributed by atoms with Crippen LogP contribution in [0.1, 0.15) is 12.8 Å². The summed E-state index contributed by atoms with van der Waals surface area (Å²) >= 11 is 0. The molecule has 0 bridgehead atoms. The third-order valence-electron chi connectivity index (χ3n) is 3.05. The molecule has 0 spiro atoms. The highest BCUT2D eigenvalue weighted by Crippen LogP contribution is 2.30. The maximum Gasteiger partial charge on any atom is 0.301 e. The monoisotopic (exact) mass is 286 g/mol. The lowest BCUT2D eigenvalue weighted by Crippen LogP contribution is -2.33. The van der Waals surface area contributed by atoms with Crippen LogP contribution < -0.4 is 14.2 Å². The van der Waals surface area contributed by atoms with Crippen molar-refractivity contribution in [2.75, 3.05) is 32.0 Å². The Balaban J connectivity index is 2.22. The summed E-state index contributed by atoms with van der Waals surface area (Å²) in [5.74, 6) is 1.04. The molecule has 0 aliphatic carbocycles. The third kappa shape index (κ3) is 3.10. The molecule has 2 rings (SSSR count). The lowest BCUT2D eigenvalue weighted by Gasteiger charge is -2.18. The van der Waals surface area contributed by atoms with E-state index >= 15 is 0 Å². The molecule has 1 aliphatic heterocycles. The van der Waals surface area contributed by atoms with E-state index in [1.54, 1.807) is 25.3 Å². The Bertz CT molecular complexity index is 539. The van der Waals surface area contributed by atoms with Crippen molar-refractivity contribution in [3.05, 3.63) is 18.2 Å². The smallest absolute Gasteiger partial charge is 0.301 e. The van der Waals surface area contributed by atoms with Crippen molar-refractivity contribution in [3.8, 4) is 11.5 Å². The fraction of sp³-hybridized carbons (Fsp3) is 0.500. The number of rotatable bonds is 5. The van der Waals surface area contributed by atoms with Gasteiger partial charge in [-0.05, 0) is 25.0 Å². The summed E-state index contributed by atoms with van der Waals surface area (Å²) in [5, 5.41) is 0. The van der Waals surface area contributed by atoms with Gasteiger partial charge in [-0.15, -0.1) is 0 Å². The molecule has 6 nitrogen and oxygen atoms in total. The molecule has 0 saturated carbocycles.